The van der Waals surface area contributed by atoms with Crippen LogP contribution in [-0.4, -0.2) is 11.5 Å². The Morgan fingerprint density at radius 3 is 2.34 bits per heavy atom. The molecule has 7 rings (SSSR count). The molecule has 1 heterocycles. The number of aryl methyl sites for hydroxylation is 1. The quantitative estimate of drug-likeness (QED) is 0.378. The van der Waals surface area contributed by atoms with Crippen molar-refractivity contribution in [3.8, 4) is 11.3 Å². The molecule has 4 heteroatoms. The highest BCUT2D eigenvalue weighted by Gasteiger charge is 2.51. The minimum Gasteiger partial charge on any atom is -0.354 e. The first kappa shape index (κ1) is 20.7. The average molecular weight is 451 g/mol. The van der Waals surface area contributed by atoms with Crippen LogP contribution in [0.2, 0.25) is 5.02 Å². The third kappa shape index (κ3) is 3.40. The molecule has 2 aromatic carbocycles. The topological polar surface area (TPSA) is 41.8 Å². The molecule has 4 aliphatic rings. The molecule has 3 N–H and O–H groups in total. The van der Waals surface area contributed by atoms with Gasteiger partial charge in [-0.15, -0.1) is 0 Å². The molecule has 0 aliphatic heterocycles. The maximum Gasteiger partial charge on any atom is 0.124 e. The molecule has 4 bridgehead atoms. The SMILES string of the molecule is NCCCCc1c(-c2ccc(F)cc2Cl)[nH]c2ccc(C34CC5CC(CC(C5)C3)C4)cc12. The summed E-state index contributed by atoms with van der Waals surface area (Å²) in [5.74, 6) is 2.49. The van der Waals surface area contributed by atoms with Crippen LogP contribution in [0.5, 0.6) is 0 Å². The fourth-order valence-electron chi connectivity index (χ4n) is 7.67. The number of aromatic nitrogens is 1. The van der Waals surface area contributed by atoms with E-state index in [1.807, 2.05) is 0 Å². The Labute approximate surface area is 194 Å². The largest absolute Gasteiger partial charge is 0.354 e. The number of nitrogens with two attached hydrogens (primary N) is 1. The molecular weight excluding hydrogens is 419 g/mol. The molecule has 168 valence electrons. The minimum atomic E-state index is -0.302. The van der Waals surface area contributed by atoms with Crippen LogP contribution in [0.15, 0.2) is 36.4 Å². The van der Waals surface area contributed by atoms with Gasteiger partial charge in [0.2, 0.25) is 0 Å². The third-order valence-corrected chi connectivity index (χ3v) is 8.95. The standard InChI is InChI=1S/C28H32ClFN2/c29-25-13-21(30)5-6-23(25)27-22(3-1-2-8-31)24-12-20(4-7-26(24)32-27)28-14-17-9-18(15-28)11-19(10-17)16-28/h4-7,12-13,17-19,32H,1-3,8-11,14-16,31H2. The van der Waals surface area contributed by atoms with Crippen LogP contribution in [-0.2, 0) is 11.8 Å². The number of unbranched alkanes of at least 4 members (excludes halogenated alkanes) is 1. The van der Waals surface area contributed by atoms with Crippen LogP contribution in [0.1, 0.15) is 62.5 Å². The predicted octanol–water partition coefficient (Wildman–Crippen LogP) is 7.38. The van der Waals surface area contributed by atoms with Crippen molar-refractivity contribution in [3.05, 3.63) is 58.4 Å². The van der Waals surface area contributed by atoms with Crippen molar-refractivity contribution in [3.63, 3.8) is 0 Å². The van der Waals surface area contributed by atoms with Gasteiger partial charge in [0.25, 0.3) is 0 Å². The van der Waals surface area contributed by atoms with Crippen molar-refractivity contribution in [1.29, 1.82) is 0 Å². The zero-order chi connectivity index (χ0) is 21.9. The van der Waals surface area contributed by atoms with Crippen LogP contribution in [0.3, 0.4) is 0 Å². The summed E-state index contributed by atoms with van der Waals surface area (Å²) < 4.78 is 13.7. The summed E-state index contributed by atoms with van der Waals surface area (Å²) in [5, 5.41) is 1.77. The highest BCUT2D eigenvalue weighted by atomic mass is 35.5. The van der Waals surface area contributed by atoms with Crippen molar-refractivity contribution >= 4 is 22.5 Å². The lowest BCUT2D eigenvalue weighted by Gasteiger charge is -2.57. The number of aromatic amines is 1. The Hall–Kier alpha value is -1.84. The van der Waals surface area contributed by atoms with Gasteiger partial charge < -0.3 is 10.7 Å². The highest BCUT2D eigenvalue weighted by molar-refractivity contribution is 6.33. The molecule has 0 saturated heterocycles. The Balaban J connectivity index is 1.46. The van der Waals surface area contributed by atoms with E-state index in [4.69, 9.17) is 17.3 Å². The number of hydrogen-bond acceptors (Lipinski definition) is 1. The number of H-pyrrole nitrogens is 1. The molecule has 0 atom stereocenters. The lowest BCUT2D eigenvalue weighted by atomic mass is 9.48. The maximum atomic E-state index is 13.7. The minimum absolute atomic E-state index is 0.302. The summed E-state index contributed by atoms with van der Waals surface area (Å²) in [6, 6.07) is 11.8. The van der Waals surface area contributed by atoms with E-state index >= 15 is 0 Å². The van der Waals surface area contributed by atoms with Gasteiger partial charge in [-0.25, -0.2) is 4.39 Å². The molecule has 3 aromatic rings. The first-order valence-corrected chi connectivity index (χ1v) is 12.7. The van der Waals surface area contributed by atoms with E-state index in [0.717, 1.165) is 53.8 Å². The van der Waals surface area contributed by atoms with E-state index in [1.54, 1.807) is 11.6 Å². The van der Waals surface area contributed by atoms with Gasteiger partial charge in [0.15, 0.2) is 0 Å². The van der Waals surface area contributed by atoms with Gasteiger partial charge in [-0.2, -0.15) is 0 Å². The lowest BCUT2D eigenvalue weighted by molar-refractivity contribution is -0.00513. The summed E-state index contributed by atoms with van der Waals surface area (Å²) in [6.07, 6.45) is 11.5. The number of halogens is 2. The zero-order valence-corrected chi connectivity index (χ0v) is 19.4. The van der Waals surface area contributed by atoms with Crippen molar-refractivity contribution in [1.82, 2.24) is 4.98 Å². The number of rotatable bonds is 6. The van der Waals surface area contributed by atoms with E-state index in [9.17, 15) is 4.39 Å². The smallest absolute Gasteiger partial charge is 0.124 e. The Kier molecular flexibility index (Phi) is 5.11. The molecule has 0 radical (unpaired) electrons. The molecule has 0 unspecified atom stereocenters. The molecule has 32 heavy (non-hydrogen) atoms. The molecule has 0 spiro atoms. The van der Waals surface area contributed by atoms with E-state index in [1.165, 1.54) is 61.6 Å². The predicted molar refractivity (Wildman–Crippen MR) is 131 cm³/mol. The van der Waals surface area contributed by atoms with Gasteiger partial charge >= 0.3 is 0 Å². The Bertz CT molecular complexity index is 1130. The molecule has 0 amide bonds. The second-order valence-corrected chi connectivity index (χ2v) is 11.2. The van der Waals surface area contributed by atoms with Crippen LogP contribution in [0.25, 0.3) is 22.2 Å². The average Bonchev–Trinajstić information content (AvgIpc) is 3.10. The number of fused-ring (bicyclic) bond motifs is 1. The zero-order valence-electron chi connectivity index (χ0n) is 18.6. The molecule has 4 saturated carbocycles. The van der Waals surface area contributed by atoms with Crippen LogP contribution < -0.4 is 5.73 Å². The number of nitrogens with one attached hydrogen (secondary N) is 1. The Morgan fingerprint density at radius 2 is 1.69 bits per heavy atom. The van der Waals surface area contributed by atoms with Gasteiger partial charge in [-0.05, 0) is 129 Å². The van der Waals surface area contributed by atoms with Crippen molar-refractivity contribution in [2.45, 2.75) is 63.2 Å². The Morgan fingerprint density at radius 1 is 0.969 bits per heavy atom. The molecule has 4 fully saturated rings. The van der Waals surface area contributed by atoms with Crippen LogP contribution in [0, 0.1) is 23.6 Å². The molecule has 2 nitrogen and oxygen atoms in total. The second kappa shape index (κ2) is 7.88. The molecule has 4 aliphatic carbocycles. The van der Waals surface area contributed by atoms with Crippen LogP contribution in [0.4, 0.5) is 4.39 Å². The van der Waals surface area contributed by atoms with E-state index in [-0.39, 0.29) is 5.82 Å². The normalized spacial score (nSPS) is 28.7. The maximum absolute atomic E-state index is 13.7. The number of benzene rings is 2. The van der Waals surface area contributed by atoms with Gasteiger partial charge in [-0.3, -0.25) is 0 Å². The highest BCUT2D eigenvalue weighted by Crippen LogP contribution is 2.61. The fraction of sp³-hybridized carbons (Fsp3) is 0.500. The van der Waals surface area contributed by atoms with Crippen LogP contribution >= 0.6 is 11.6 Å². The monoisotopic (exact) mass is 450 g/mol. The van der Waals surface area contributed by atoms with E-state index in [2.05, 4.69) is 23.2 Å². The summed E-state index contributed by atoms with van der Waals surface area (Å²) in [6.45, 7) is 0.702. The lowest BCUT2D eigenvalue weighted by Crippen LogP contribution is -2.48. The number of hydrogen-bond donors (Lipinski definition) is 2. The van der Waals surface area contributed by atoms with Gasteiger partial charge in [0.1, 0.15) is 5.82 Å². The third-order valence-electron chi connectivity index (χ3n) is 8.64. The van der Waals surface area contributed by atoms with Crippen molar-refractivity contribution in [2.24, 2.45) is 23.5 Å². The van der Waals surface area contributed by atoms with E-state index in [0.29, 0.717) is 17.0 Å². The second-order valence-electron chi connectivity index (χ2n) is 10.8. The van der Waals surface area contributed by atoms with Crippen molar-refractivity contribution in [2.75, 3.05) is 6.54 Å². The molecule has 1 aromatic heterocycles. The van der Waals surface area contributed by atoms with Crippen molar-refractivity contribution < 1.29 is 4.39 Å². The summed E-state index contributed by atoms with van der Waals surface area (Å²) in [5.41, 5.74) is 12.1. The summed E-state index contributed by atoms with van der Waals surface area (Å²) >= 11 is 6.49. The van der Waals surface area contributed by atoms with Gasteiger partial charge in [0.05, 0.1) is 10.7 Å². The summed E-state index contributed by atoms with van der Waals surface area (Å²) in [4.78, 5) is 3.63. The van der Waals surface area contributed by atoms with Gasteiger partial charge in [0, 0.05) is 16.5 Å². The first-order valence-electron chi connectivity index (χ1n) is 12.4. The fourth-order valence-corrected chi connectivity index (χ4v) is 7.93. The summed E-state index contributed by atoms with van der Waals surface area (Å²) in [7, 11) is 0. The van der Waals surface area contributed by atoms with Gasteiger partial charge in [-0.1, -0.05) is 17.7 Å². The first-order chi connectivity index (χ1) is 15.5. The van der Waals surface area contributed by atoms with E-state index < -0.39 is 0 Å². The molecular formula is C28H32ClFN2.